The summed E-state index contributed by atoms with van der Waals surface area (Å²) >= 11 is 3.38. The van der Waals surface area contributed by atoms with Crippen molar-refractivity contribution in [2.45, 2.75) is 24.8 Å². The molecule has 4 nitrogen and oxygen atoms in total. The highest BCUT2D eigenvalue weighted by Crippen LogP contribution is 2.21. The Kier molecular flexibility index (Phi) is 5.84. The maximum absolute atomic E-state index is 12.5. The highest BCUT2D eigenvalue weighted by Gasteiger charge is 2.17. The molecule has 2 rings (SSSR count). The van der Waals surface area contributed by atoms with Gasteiger partial charge in [-0.3, -0.25) is 0 Å². The van der Waals surface area contributed by atoms with Crippen molar-refractivity contribution in [1.29, 1.82) is 0 Å². The molecule has 0 aromatic heterocycles. The lowest BCUT2D eigenvalue weighted by Gasteiger charge is -2.14. The molecule has 0 saturated carbocycles. The number of aryl methyl sites for hydroxylation is 1. The lowest BCUT2D eigenvalue weighted by Crippen LogP contribution is -2.24. The molecule has 0 atom stereocenters. The first-order valence-electron chi connectivity index (χ1n) is 7.38. The summed E-state index contributed by atoms with van der Waals surface area (Å²) in [6.07, 6.45) is 0.660. The molecule has 0 amide bonds. The van der Waals surface area contributed by atoms with Crippen molar-refractivity contribution in [3.8, 4) is 0 Å². The van der Waals surface area contributed by atoms with Crippen LogP contribution in [0, 0.1) is 0 Å². The van der Waals surface area contributed by atoms with E-state index in [4.69, 9.17) is 0 Å². The van der Waals surface area contributed by atoms with Crippen molar-refractivity contribution in [3.63, 3.8) is 0 Å². The van der Waals surface area contributed by atoms with Crippen molar-refractivity contribution >= 4 is 31.6 Å². The number of hydrogen-bond acceptors (Lipinski definition) is 3. The van der Waals surface area contributed by atoms with E-state index in [0.717, 1.165) is 21.3 Å². The van der Waals surface area contributed by atoms with Crippen LogP contribution in [0.2, 0.25) is 0 Å². The Bertz CT molecular complexity index is 772. The number of sulfonamides is 1. The van der Waals surface area contributed by atoms with Gasteiger partial charge in [0, 0.05) is 30.8 Å². The van der Waals surface area contributed by atoms with Crippen molar-refractivity contribution < 1.29 is 8.42 Å². The molecule has 0 unspecified atom stereocenters. The fourth-order valence-corrected chi connectivity index (χ4v) is 3.97. The third-order valence-corrected chi connectivity index (χ3v) is 5.61. The van der Waals surface area contributed by atoms with Gasteiger partial charge in [-0.25, -0.2) is 13.1 Å². The van der Waals surface area contributed by atoms with Gasteiger partial charge in [0.25, 0.3) is 0 Å². The third-order valence-electron chi connectivity index (χ3n) is 3.61. The number of hydrogen-bond donors (Lipinski definition) is 1. The average molecular weight is 397 g/mol. The smallest absolute Gasteiger partial charge is 0.241 e. The van der Waals surface area contributed by atoms with Crippen LogP contribution in [0.3, 0.4) is 0 Å². The molecule has 0 heterocycles. The zero-order valence-corrected chi connectivity index (χ0v) is 15.9. The first-order valence-corrected chi connectivity index (χ1v) is 9.65. The largest absolute Gasteiger partial charge is 0.378 e. The molecule has 0 aliphatic rings. The topological polar surface area (TPSA) is 49.4 Å². The van der Waals surface area contributed by atoms with Crippen LogP contribution in [-0.2, 0) is 23.0 Å². The maximum atomic E-state index is 12.5. The number of benzene rings is 2. The van der Waals surface area contributed by atoms with Gasteiger partial charge in [0.1, 0.15) is 0 Å². The van der Waals surface area contributed by atoms with Gasteiger partial charge >= 0.3 is 0 Å². The molecule has 2 aromatic carbocycles. The fraction of sp³-hybridized carbons (Fsp3) is 0.294. The molecule has 0 bridgehead atoms. The molecule has 6 heteroatoms. The molecule has 23 heavy (non-hydrogen) atoms. The fourth-order valence-electron chi connectivity index (χ4n) is 2.25. The second-order valence-corrected chi connectivity index (χ2v) is 8.14. The van der Waals surface area contributed by atoms with Crippen LogP contribution in [0.25, 0.3) is 0 Å². The summed E-state index contributed by atoms with van der Waals surface area (Å²) in [5.74, 6) is 0. The van der Waals surface area contributed by atoms with E-state index >= 15 is 0 Å². The van der Waals surface area contributed by atoms with Crippen LogP contribution in [0.15, 0.2) is 51.8 Å². The summed E-state index contributed by atoms with van der Waals surface area (Å²) in [5.41, 5.74) is 2.81. The minimum atomic E-state index is -3.53. The van der Waals surface area contributed by atoms with E-state index in [9.17, 15) is 8.42 Å². The molecule has 0 saturated heterocycles. The predicted octanol–water partition coefficient (Wildman–Crippen LogP) is 3.56. The minimum Gasteiger partial charge on any atom is -0.378 e. The lowest BCUT2D eigenvalue weighted by molar-refractivity contribution is 0.580. The summed E-state index contributed by atoms with van der Waals surface area (Å²) in [5, 5.41) is 0. The molecule has 1 N–H and O–H groups in total. The SMILES string of the molecule is CCc1cc(Br)ccc1S(=O)(=O)NCc1ccc(N(C)C)cc1. The summed E-state index contributed by atoms with van der Waals surface area (Å²) in [6.45, 7) is 2.22. The van der Waals surface area contributed by atoms with Crippen LogP contribution in [0.1, 0.15) is 18.1 Å². The molecule has 2 aromatic rings. The second kappa shape index (κ2) is 7.47. The normalized spacial score (nSPS) is 11.5. The van der Waals surface area contributed by atoms with Gasteiger partial charge in [-0.15, -0.1) is 0 Å². The second-order valence-electron chi connectivity index (χ2n) is 5.49. The van der Waals surface area contributed by atoms with Gasteiger partial charge in [0.2, 0.25) is 10.0 Å². The number of rotatable bonds is 6. The molecule has 0 radical (unpaired) electrons. The Balaban J connectivity index is 2.15. The van der Waals surface area contributed by atoms with Crippen molar-refractivity contribution in [2.24, 2.45) is 0 Å². The highest BCUT2D eigenvalue weighted by atomic mass is 79.9. The molecule has 0 fully saturated rings. The predicted molar refractivity (Wildman–Crippen MR) is 98.3 cm³/mol. The summed E-state index contributed by atoms with van der Waals surface area (Å²) < 4.78 is 28.6. The van der Waals surface area contributed by atoms with Crippen LogP contribution < -0.4 is 9.62 Å². The number of halogens is 1. The number of anilines is 1. The Hall–Kier alpha value is -1.37. The van der Waals surface area contributed by atoms with E-state index in [1.165, 1.54) is 0 Å². The van der Waals surface area contributed by atoms with Crippen LogP contribution in [0.5, 0.6) is 0 Å². The zero-order valence-electron chi connectivity index (χ0n) is 13.5. The monoisotopic (exact) mass is 396 g/mol. The van der Waals surface area contributed by atoms with E-state index < -0.39 is 10.0 Å². The molecule has 0 aliphatic heterocycles. The van der Waals surface area contributed by atoms with Crippen molar-refractivity contribution in [3.05, 3.63) is 58.1 Å². The van der Waals surface area contributed by atoms with E-state index in [1.54, 1.807) is 12.1 Å². The van der Waals surface area contributed by atoms with Crippen molar-refractivity contribution in [2.75, 3.05) is 19.0 Å². The number of nitrogens with one attached hydrogen (secondary N) is 1. The van der Waals surface area contributed by atoms with E-state index in [0.29, 0.717) is 11.3 Å². The van der Waals surface area contributed by atoms with E-state index in [2.05, 4.69) is 20.7 Å². The Morgan fingerprint density at radius 1 is 1.09 bits per heavy atom. The summed E-state index contributed by atoms with van der Waals surface area (Å²) in [6, 6.07) is 13.0. The quantitative estimate of drug-likeness (QED) is 0.811. The van der Waals surface area contributed by atoms with Crippen molar-refractivity contribution in [1.82, 2.24) is 4.72 Å². The van der Waals surface area contributed by atoms with E-state index in [-0.39, 0.29) is 6.54 Å². The Morgan fingerprint density at radius 2 is 1.74 bits per heavy atom. The summed E-state index contributed by atoms with van der Waals surface area (Å²) in [7, 11) is 0.414. The zero-order chi connectivity index (χ0) is 17.0. The molecule has 124 valence electrons. The van der Waals surface area contributed by atoms with Gasteiger partial charge < -0.3 is 4.90 Å². The molecule has 0 aliphatic carbocycles. The lowest BCUT2D eigenvalue weighted by atomic mass is 10.2. The number of nitrogens with zero attached hydrogens (tertiary/aromatic N) is 1. The Labute approximate surface area is 146 Å². The van der Waals surface area contributed by atoms with Gasteiger partial charge in [0.15, 0.2) is 0 Å². The third kappa shape index (κ3) is 4.56. The first-order chi connectivity index (χ1) is 10.8. The van der Waals surface area contributed by atoms with Crippen LogP contribution in [0.4, 0.5) is 5.69 Å². The molecule has 0 spiro atoms. The standard InChI is InChI=1S/C17H21BrN2O2S/c1-4-14-11-15(18)7-10-17(14)23(21,22)19-12-13-5-8-16(9-6-13)20(2)3/h5-11,19H,4,12H2,1-3H3. The van der Waals surface area contributed by atoms with Gasteiger partial charge in [-0.2, -0.15) is 0 Å². The molecular formula is C17H21BrN2O2S. The van der Waals surface area contributed by atoms with Gasteiger partial charge in [-0.1, -0.05) is 35.0 Å². The Morgan fingerprint density at radius 3 is 2.30 bits per heavy atom. The maximum Gasteiger partial charge on any atom is 0.241 e. The minimum absolute atomic E-state index is 0.273. The van der Waals surface area contributed by atoms with Crippen LogP contribution in [-0.4, -0.2) is 22.5 Å². The highest BCUT2D eigenvalue weighted by molar-refractivity contribution is 9.10. The van der Waals surface area contributed by atoms with Gasteiger partial charge in [0.05, 0.1) is 4.90 Å². The average Bonchev–Trinajstić information content (AvgIpc) is 2.53. The van der Waals surface area contributed by atoms with Gasteiger partial charge in [-0.05, 0) is 47.9 Å². The molecular weight excluding hydrogens is 376 g/mol. The first kappa shape index (κ1) is 18.0. The summed E-state index contributed by atoms with van der Waals surface area (Å²) in [4.78, 5) is 2.34. The van der Waals surface area contributed by atoms with E-state index in [1.807, 2.05) is 56.3 Å². The van der Waals surface area contributed by atoms with Crippen LogP contribution >= 0.6 is 15.9 Å².